The number of benzene rings is 1. The Kier molecular flexibility index (Phi) is 3.82. The molecule has 3 N–H and O–H groups in total. The number of sulfonamides is 1. The van der Waals surface area contributed by atoms with Gasteiger partial charge in [-0.25, -0.2) is 13.1 Å². The van der Waals surface area contributed by atoms with Crippen LogP contribution in [0.15, 0.2) is 30.6 Å². The number of nitrogens with two attached hydrogens (primary N) is 1. The number of nitrogens with zero attached hydrogens (tertiary/aromatic N) is 3. The van der Waals surface area contributed by atoms with Crippen LogP contribution in [0.2, 0.25) is 0 Å². The van der Waals surface area contributed by atoms with E-state index < -0.39 is 10.0 Å². The minimum absolute atomic E-state index is 0.112. The zero-order valence-corrected chi connectivity index (χ0v) is 11.3. The lowest BCUT2D eigenvalue weighted by Crippen LogP contribution is -2.26. The number of hydrogen-bond acceptors (Lipinski definition) is 5. The fourth-order valence-electron chi connectivity index (χ4n) is 1.60. The Morgan fingerprint density at radius 3 is 2.84 bits per heavy atom. The Hall–Kier alpha value is -1.93. The topological polar surface area (TPSA) is 103 Å². The molecule has 0 saturated carbocycles. The molecule has 0 aliphatic heterocycles. The summed E-state index contributed by atoms with van der Waals surface area (Å²) in [6, 6.07) is 6.80. The van der Waals surface area contributed by atoms with Crippen LogP contribution >= 0.6 is 0 Å². The maximum absolute atomic E-state index is 11.9. The summed E-state index contributed by atoms with van der Waals surface area (Å²) in [6.45, 7) is 0.112. The molecule has 0 aliphatic rings. The van der Waals surface area contributed by atoms with E-state index in [1.54, 1.807) is 35.9 Å². The van der Waals surface area contributed by atoms with Gasteiger partial charge in [-0.05, 0) is 17.7 Å². The number of aryl methyl sites for hydroxylation is 1. The summed E-state index contributed by atoms with van der Waals surface area (Å²) in [4.78, 5) is 0. The van der Waals surface area contributed by atoms with Gasteiger partial charge >= 0.3 is 0 Å². The zero-order valence-electron chi connectivity index (χ0n) is 10.4. The Morgan fingerprint density at radius 1 is 1.42 bits per heavy atom. The molecule has 0 saturated heterocycles. The van der Waals surface area contributed by atoms with Gasteiger partial charge in [0.05, 0.1) is 12.3 Å². The lowest BCUT2D eigenvalue weighted by atomic mass is 10.2. The first-order valence-electron chi connectivity index (χ1n) is 5.61. The summed E-state index contributed by atoms with van der Waals surface area (Å²) in [5, 5.41) is 7.49. The van der Waals surface area contributed by atoms with Crippen LogP contribution in [0, 0.1) is 0 Å². The summed E-state index contributed by atoms with van der Waals surface area (Å²) in [5.74, 6) is 0.437. The van der Waals surface area contributed by atoms with E-state index in [0.29, 0.717) is 17.1 Å². The molecule has 1 heterocycles. The maximum Gasteiger partial charge on any atom is 0.216 e. The quantitative estimate of drug-likeness (QED) is 0.752. The average Bonchev–Trinajstić information content (AvgIpc) is 2.72. The van der Waals surface area contributed by atoms with E-state index in [9.17, 15) is 8.42 Å². The minimum atomic E-state index is -3.43. The fraction of sp³-hybridized carbons (Fsp3) is 0.273. The van der Waals surface area contributed by atoms with Crippen molar-refractivity contribution in [2.45, 2.75) is 12.3 Å². The number of rotatable bonds is 5. The standard InChI is InChI=1S/C11H15N5O2S/c1-16-8-13-15-11(16)6-14-19(17,18)7-9-3-2-4-10(12)5-9/h2-5,8,14H,6-7,12H2,1H3. The van der Waals surface area contributed by atoms with E-state index in [1.807, 2.05) is 0 Å². The van der Waals surface area contributed by atoms with Crippen molar-refractivity contribution >= 4 is 15.7 Å². The largest absolute Gasteiger partial charge is 0.399 e. The lowest BCUT2D eigenvalue weighted by Gasteiger charge is -2.06. The Morgan fingerprint density at radius 2 is 2.21 bits per heavy atom. The minimum Gasteiger partial charge on any atom is -0.399 e. The molecule has 19 heavy (non-hydrogen) atoms. The van der Waals surface area contributed by atoms with Crippen LogP contribution in [0.4, 0.5) is 5.69 Å². The van der Waals surface area contributed by atoms with Crippen LogP contribution in [0.3, 0.4) is 0 Å². The van der Waals surface area contributed by atoms with Crippen LogP contribution in [0.25, 0.3) is 0 Å². The van der Waals surface area contributed by atoms with Crippen molar-refractivity contribution in [3.05, 3.63) is 42.0 Å². The second-order valence-corrected chi connectivity index (χ2v) is 5.99. The molecule has 0 amide bonds. The third-order valence-electron chi connectivity index (χ3n) is 2.56. The first kappa shape index (κ1) is 13.5. The van der Waals surface area contributed by atoms with Crippen LogP contribution in [-0.2, 0) is 29.4 Å². The smallest absolute Gasteiger partial charge is 0.216 e. The van der Waals surface area contributed by atoms with Gasteiger partial charge in [-0.3, -0.25) is 0 Å². The number of aromatic nitrogens is 3. The van der Waals surface area contributed by atoms with Crippen LogP contribution < -0.4 is 10.5 Å². The lowest BCUT2D eigenvalue weighted by molar-refractivity contribution is 0.576. The normalized spacial score (nSPS) is 11.6. The van der Waals surface area contributed by atoms with Crippen molar-refractivity contribution < 1.29 is 8.42 Å². The van der Waals surface area contributed by atoms with Gasteiger partial charge in [-0.2, -0.15) is 0 Å². The Balaban J connectivity index is 2.01. The molecule has 0 atom stereocenters. The highest BCUT2D eigenvalue weighted by atomic mass is 32.2. The number of hydrogen-bond donors (Lipinski definition) is 2. The molecule has 1 aromatic carbocycles. The molecule has 0 spiro atoms. The van der Waals surface area contributed by atoms with Crippen molar-refractivity contribution in [1.82, 2.24) is 19.5 Å². The van der Waals surface area contributed by atoms with Crippen molar-refractivity contribution in [1.29, 1.82) is 0 Å². The van der Waals surface area contributed by atoms with Crippen LogP contribution in [0.1, 0.15) is 11.4 Å². The highest BCUT2D eigenvalue weighted by Crippen LogP contribution is 2.09. The van der Waals surface area contributed by atoms with Gasteiger partial charge in [-0.1, -0.05) is 12.1 Å². The molecule has 2 rings (SSSR count). The number of nitrogen functional groups attached to an aromatic ring is 1. The van der Waals surface area contributed by atoms with Crippen LogP contribution in [0.5, 0.6) is 0 Å². The summed E-state index contributed by atoms with van der Waals surface area (Å²) in [6.07, 6.45) is 1.52. The highest BCUT2D eigenvalue weighted by Gasteiger charge is 2.13. The summed E-state index contributed by atoms with van der Waals surface area (Å²) < 4.78 is 28.0. The first-order valence-corrected chi connectivity index (χ1v) is 7.26. The van der Waals surface area contributed by atoms with Gasteiger partial charge in [0.25, 0.3) is 0 Å². The maximum atomic E-state index is 11.9. The zero-order chi connectivity index (χ0) is 13.9. The van der Waals surface area contributed by atoms with Crippen molar-refractivity contribution in [3.8, 4) is 0 Å². The third kappa shape index (κ3) is 3.76. The SMILES string of the molecule is Cn1cnnc1CNS(=O)(=O)Cc1cccc(N)c1. The van der Waals surface area contributed by atoms with Gasteiger partial charge in [0, 0.05) is 12.7 Å². The fourth-order valence-corrected chi connectivity index (χ4v) is 2.66. The monoisotopic (exact) mass is 281 g/mol. The van der Waals surface area contributed by atoms with Gasteiger partial charge in [0.2, 0.25) is 10.0 Å². The van der Waals surface area contributed by atoms with E-state index in [2.05, 4.69) is 14.9 Å². The molecule has 1 aromatic heterocycles. The molecule has 2 aromatic rings. The summed E-state index contributed by atoms with van der Waals surface area (Å²) >= 11 is 0. The van der Waals surface area contributed by atoms with E-state index in [1.165, 1.54) is 6.33 Å². The van der Waals surface area contributed by atoms with Gasteiger partial charge in [0.1, 0.15) is 12.2 Å². The first-order chi connectivity index (χ1) is 8.96. The van der Waals surface area contributed by atoms with Crippen molar-refractivity contribution in [2.24, 2.45) is 7.05 Å². The Bertz CT molecular complexity index is 665. The molecule has 8 heteroatoms. The molecule has 0 fully saturated rings. The summed E-state index contributed by atoms with van der Waals surface area (Å²) in [7, 11) is -1.68. The second kappa shape index (κ2) is 5.37. The predicted molar refractivity (Wildman–Crippen MR) is 71.3 cm³/mol. The molecule has 102 valence electrons. The van der Waals surface area contributed by atoms with Crippen LogP contribution in [-0.4, -0.2) is 23.2 Å². The molecule has 7 nitrogen and oxygen atoms in total. The highest BCUT2D eigenvalue weighted by molar-refractivity contribution is 7.88. The van der Waals surface area contributed by atoms with E-state index in [4.69, 9.17) is 5.73 Å². The molecular formula is C11H15N5O2S. The van der Waals surface area contributed by atoms with Gasteiger partial charge in [0.15, 0.2) is 0 Å². The molecule has 0 unspecified atom stereocenters. The Labute approximate surface area is 111 Å². The second-order valence-electron chi connectivity index (χ2n) is 4.18. The summed E-state index contributed by atoms with van der Waals surface area (Å²) in [5.41, 5.74) is 6.80. The van der Waals surface area contributed by atoms with E-state index in [-0.39, 0.29) is 12.3 Å². The molecule has 0 aliphatic carbocycles. The van der Waals surface area contributed by atoms with Crippen molar-refractivity contribution in [3.63, 3.8) is 0 Å². The van der Waals surface area contributed by atoms with E-state index >= 15 is 0 Å². The third-order valence-corrected chi connectivity index (χ3v) is 3.86. The number of anilines is 1. The predicted octanol–water partition coefficient (Wildman–Crippen LogP) is 0.0169. The van der Waals surface area contributed by atoms with Gasteiger partial charge < -0.3 is 10.3 Å². The van der Waals surface area contributed by atoms with E-state index in [0.717, 1.165) is 0 Å². The van der Waals surface area contributed by atoms with Crippen molar-refractivity contribution in [2.75, 3.05) is 5.73 Å². The molecule has 0 radical (unpaired) electrons. The molecular weight excluding hydrogens is 266 g/mol. The van der Waals surface area contributed by atoms with Gasteiger partial charge in [-0.15, -0.1) is 10.2 Å². The number of nitrogens with one attached hydrogen (secondary N) is 1. The average molecular weight is 281 g/mol. The molecule has 0 bridgehead atoms.